The Balaban J connectivity index is 1.71. The molecular weight excluding hydrogens is 391 g/mol. The molecule has 1 aromatic heterocycles. The van der Waals surface area contributed by atoms with E-state index in [-0.39, 0.29) is 18.3 Å². The Morgan fingerprint density at radius 2 is 1.77 bits per heavy atom. The van der Waals surface area contributed by atoms with Crippen molar-refractivity contribution in [1.29, 1.82) is 0 Å². The summed E-state index contributed by atoms with van der Waals surface area (Å²) in [6.45, 7) is 7.67. The van der Waals surface area contributed by atoms with Crippen LogP contribution in [0.4, 0.5) is 4.39 Å². The Kier molecular flexibility index (Phi) is 8.19. The van der Waals surface area contributed by atoms with Crippen molar-refractivity contribution in [3.63, 3.8) is 0 Å². The molecule has 0 saturated heterocycles. The summed E-state index contributed by atoms with van der Waals surface area (Å²) in [5, 5.41) is 0. The van der Waals surface area contributed by atoms with Gasteiger partial charge in [-0.05, 0) is 37.1 Å². The summed E-state index contributed by atoms with van der Waals surface area (Å²) < 4.78 is 19.8. The van der Waals surface area contributed by atoms with E-state index in [4.69, 9.17) is 4.42 Å². The molecule has 1 heterocycles. The summed E-state index contributed by atoms with van der Waals surface area (Å²) >= 11 is 0. The highest BCUT2D eigenvalue weighted by atomic mass is 19.1. The molecule has 3 rings (SSSR count). The first kappa shape index (κ1) is 22.5. The van der Waals surface area contributed by atoms with Crippen molar-refractivity contribution in [1.82, 2.24) is 9.80 Å². The van der Waals surface area contributed by atoms with E-state index >= 15 is 0 Å². The number of carbonyl (C=O) groups excluding carboxylic acids is 1. The van der Waals surface area contributed by atoms with Crippen LogP contribution in [0.1, 0.15) is 22.6 Å². The van der Waals surface area contributed by atoms with Crippen LogP contribution in [0.3, 0.4) is 0 Å². The van der Waals surface area contributed by atoms with E-state index in [9.17, 15) is 9.18 Å². The Labute approximate surface area is 183 Å². The predicted molar refractivity (Wildman–Crippen MR) is 121 cm³/mol. The minimum absolute atomic E-state index is 0.0248. The van der Waals surface area contributed by atoms with Crippen molar-refractivity contribution in [2.24, 2.45) is 0 Å². The summed E-state index contributed by atoms with van der Waals surface area (Å²) in [5.74, 6) is 1.28. The number of furan rings is 1. The Bertz CT molecular complexity index is 984. The Morgan fingerprint density at radius 3 is 2.45 bits per heavy atom. The molecule has 0 spiro atoms. The molecule has 162 valence electrons. The first-order chi connectivity index (χ1) is 15.0. The van der Waals surface area contributed by atoms with E-state index in [2.05, 4.69) is 18.7 Å². The molecule has 4 nitrogen and oxygen atoms in total. The number of amides is 1. The molecule has 0 saturated carbocycles. The number of halogens is 1. The van der Waals surface area contributed by atoms with Crippen LogP contribution in [-0.2, 0) is 24.3 Å². The third kappa shape index (κ3) is 6.93. The average Bonchev–Trinajstić information content (AvgIpc) is 3.18. The normalized spacial score (nSPS) is 10.9. The Hall–Kier alpha value is -3.18. The lowest BCUT2D eigenvalue weighted by Crippen LogP contribution is -2.41. The molecule has 0 aliphatic rings. The van der Waals surface area contributed by atoms with Gasteiger partial charge in [0, 0.05) is 25.2 Å². The smallest absolute Gasteiger partial charge is 0.237 e. The quantitative estimate of drug-likeness (QED) is 0.410. The zero-order valence-corrected chi connectivity index (χ0v) is 18.0. The first-order valence-corrected chi connectivity index (χ1v) is 10.5. The van der Waals surface area contributed by atoms with Crippen molar-refractivity contribution in [2.45, 2.75) is 26.4 Å². The fraction of sp³-hybridized carbons (Fsp3) is 0.269. The van der Waals surface area contributed by atoms with Crippen LogP contribution in [-0.4, -0.2) is 35.3 Å². The largest absolute Gasteiger partial charge is 0.464 e. The summed E-state index contributed by atoms with van der Waals surface area (Å²) in [5.41, 5.74) is 1.74. The zero-order valence-electron chi connectivity index (χ0n) is 18.0. The van der Waals surface area contributed by atoms with Crippen LogP contribution in [0.25, 0.3) is 0 Å². The second-order valence-electron chi connectivity index (χ2n) is 7.61. The van der Waals surface area contributed by atoms with Crippen LogP contribution in [0.15, 0.2) is 83.8 Å². The maximum Gasteiger partial charge on any atom is 0.237 e. The maximum absolute atomic E-state index is 14.1. The topological polar surface area (TPSA) is 36.7 Å². The van der Waals surface area contributed by atoms with E-state index in [1.165, 1.54) is 11.6 Å². The van der Waals surface area contributed by atoms with Gasteiger partial charge in [-0.2, -0.15) is 0 Å². The van der Waals surface area contributed by atoms with E-state index in [1.54, 1.807) is 24.3 Å². The average molecular weight is 421 g/mol. The predicted octanol–water partition coefficient (Wildman–Crippen LogP) is 4.99. The molecule has 0 aliphatic heterocycles. The summed E-state index contributed by atoms with van der Waals surface area (Å²) in [4.78, 5) is 17.0. The van der Waals surface area contributed by atoms with Gasteiger partial charge in [-0.1, -0.05) is 54.6 Å². The van der Waals surface area contributed by atoms with E-state index in [0.29, 0.717) is 31.7 Å². The van der Waals surface area contributed by atoms with E-state index < -0.39 is 0 Å². The van der Waals surface area contributed by atoms with Gasteiger partial charge in [-0.3, -0.25) is 9.69 Å². The van der Waals surface area contributed by atoms with Gasteiger partial charge in [-0.15, -0.1) is 6.58 Å². The number of nitrogens with zero attached hydrogens (tertiary/aromatic N) is 2. The molecule has 0 N–H and O–H groups in total. The molecule has 1 amide bonds. The van der Waals surface area contributed by atoms with Crippen molar-refractivity contribution in [2.75, 3.05) is 19.6 Å². The number of carbonyl (C=O) groups is 1. The van der Waals surface area contributed by atoms with E-state index in [1.807, 2.05) is 47.1 Å². The van der Waals surface area contributed by atoms with Crippen molar-refractivity contribution >= 4 is 5.91 Å². The maximum atomic E-state index is 14.1. The molecular formula is C26H29FN2O2. The summed E-state index contributed by atoms with van der Waals surface area (Å²) in [6, 6.07) is 20.5. The van der Waals surface area contributed by atoms with Gasteiger partial charge in [0.2, 0.25) is 5.91 Å². The summed E-state index contributed by atoms with van der Waals surface area (Å²) in [6.07, 6.45) is 2.49. The Morgan fingerprint density at radius 1 is 1.03 bits per heavy atom. The standard InChI is InChI=1S/C26H29FN2O2/c1-3-16-28(18-23-11-7-8-12-25(23)27)20-26(30)29(19-24-14-13-21(2)31-24)17-15-22-9-5-4-6-10-22/h3-14H,1,15-20H2,2H3. The van der Waals surface area contributed by atoms with Gasteiger partial charge in [0.05, 0.1) is 13.1 Å². The molecule has 0 aliphatic carbocycles. The molecule has 31 heavy (non-hydrogen) atoms. The minimum Gasteiger partial charge on any atom is -0.464 e. The second kappa shape index (κ2) is 11.3. The van der Waals surface area contributed by atoms with Gasteiger partial charge < -0.3 is 9.32 Å². The molecule has 0 atom stereocenters. The zero-order chi connectivity index (χ0) is 22.1. The molecule has 0 radical (unpaired) electrons. The molecule has 0 fully saturated rings. The van der Waals surface area contributed by atoms with Crippen LogP contribution in [0, 0.1) is 12.7 Å². The highest BCUT2D eigenvalue weighted by Gasteiger charge is 2.19. The molecule has 3 aromatic rings. The van der Waals surface area contributed by atoms with Crippen molar-refractivity contribution in [3.05, 3.63) is 108 Å². The van der Waals surface area contributed by atoms with Crippen LogP contribution in [0.2, 0.25) is 0 Å². The first-order valence-electron chi connectivity index (χ1n) is 10.5. The van der Waals surface area contributed by atoms with Gasteiger partial charge in [0.1, 0.15) is 17.3 Å². The number of hydrogen-bond acceptors (Lipinski definition) is 3. The molecule has 0 unspecified atom stereocenters. The van der Waals surface area contributed by atoms with Gasteiger partial charge in [0.25, 0.3) is 0 Å². The summed E-state index contributed by atoms with van der Waals surface area (Å²) in [7, 11) is 0. The van der Waals surface area contributed by atoms with Gasteiger partial charge in [-0.25, -0.2) is 4.39 Å². The number of aryl methyl sites for hydroxylation is 1. The number of rotatable bonds is 11. The third-order valence-corrected chi connectivity index (χ3v) is 5.11. The van der Waals surface area contributed by atoms with Crippen molar-refractivity contribution in [3.8, 4) is 0 Å². The molecule has 2 aromatic carbocycles. The lowest BCUT2D eigenvalue weighted by atomic mass is 10.1. The molecule has 0 bridgehead atoms. The third-order valence-electron chi connectivity index (χ3n) is 5.11. The van der Waals surface area contributed by atoms with Gasteiger partial charge in [0.15, 0.2) is 0 Å². The second-order valence-corrected chi connectivity index (χ2v) is 7.61. The monoisotopic (exact) mass is 420 g/mol. The van der Waals surface area contributed by atoms with Crippen LogP contribution in [0.5, 0.6) is 0 Å². The SMILES string of the molecule is C=CCN(CC(=O)N(CCc1ccccc1)Cc1ccc(C)o1)Cc1ccccc1F. The lowest BCUT2D eigenvalue weighted by molar-refractivity contribution is -0.133. The van der Waals surface area contributed by atoms with Crippen molar-refractivity contribution < 1.29 is 13.6 Å². The minimum atomic E-state index is -0.268. The number of hydrogen-bond donors (Lipinski definition) is 0. The van der Waals surface area contributed by atoms with Gasteiger partial charge >= 0.3 is 0 Å². The highest BCUT2D eigenvalue weighted by Crippen LogP contribution is 2.14. The highest BCUT2D eigenvalue weighted by molar-refractivity contribution is 5.78. The van der Waals surface area contributed by atoms with Crippen LogP contribution < -0.4 is 0 Å². The van der Waals surface area contributed by atoms with E-state index in [0.717, 1.165) is 17.9 Å². The molecule has 5 heteroatoms. The fourth-order valence-corrected chi connectivity index (χ4v) is 3.49. The fourth-order valence-electron chi connectivity index (χ4n) is 3.49. The lowest BCUT2D eigenvalue weighted by Gasteiger charge is -2.27. The number of benzene rings is 2. The van der Waals surface area contributed by atoms with Crippen LogP contribution >= 0.6 is 0 Å².